The molecule has 0 saturated carbocycles. The third-order valence-corrected chi connectivity index (χ3v) is 3.52. The van der Waals surface area contributed by atoms with Crippen molar-refractivity contribution in [1.29, 1.82) is 0 Å². The second kappa shape index (κ2) is 5.93. The van der Waals surface area contributed by atoms with Crippen molar-refractivity contribution in [1.82, 2.24) is 4.90 Å². The molecule has 0 spiro atoms. The summed E-state index contributed by atoms with van der Waals surface area (Å²) in [6, 6.07) is 8.47. The maximum atomic E-state index is 11.5. The van der Waals surface area contributed by atoms with Crippen LogP contribution in [-0.4, -0.2) is 57.6 Å². The Morgan fingerprint density at radius 2 is 1.95 bits per heavy atom. The van der Waals surface area contributed by atoms with Crippen LogP contribution in [0.1, 0.15) is 0 Å². The molecule has 2 N–H and O–H groups in total. The number of nitrogens with two attached hydrogens (primary N) is 1. The molecule has 2 rings (SSSR count). The Hall–Kier alpha value is -1.75. The van der Waals surface area contributed by atoms with Crippen LogP contribution < -0.4 is 15.5 Å². The van der Waals surface area contributed by atoms with Crippen molar-refractivity contribution in [3.05, 3.63) is 24.3 Å². The molecule has 104 valence electrons. The van der Waals surface area contributed by atoms with E-state index in [-0.39, 0.29) is 12.5 Å². The fraction of sp³-hybridized carbons (Fsp3) is 0.500. The Morgan fingerprint density at radius 3 is 2.53 bits per heavy atom. The first-order valence-corrected chi connectivity index (χ1v) is 6.62. The normalized spacial score (nSPS) is 15.5. The van der Waals surface area contributed by atoms with Crippen LogP contribution in [0, 0.1) is 0 Å². The minimum Gasteiger partial charge on any atom is -0.378 e. The van der Waals surface area contributed by atoms with Crippen LogP contribution in [0.4, 0.5) is 11.4 Å². The van der Waals surface area contributed by atoms with Gasteiger partial charge >= 0.3 is 0 Å². The number of carbonyl (C=O) groups excluding carboxylic acids is 1. The van der Waals surface area contributed by atoms with Gasteiger partial charge in [-0.2, -0.15) is 0 Å². The lowest BCUT2D eigenvalue weighted by Gasteiger charge is -2.36. The van der Waals surface area contributed by atoms with Crippen molar-refractivity contribution in [3.8, 4) is 0 Å². The molecular weight excluding hydrogens is 240 g/mol. The fourth-order valence-electron chi connectivity index (χ4n) is 2.31. The van der Waals surface area contributed by atoms with Gasteiger partial charge in [0, 0.05) is 51.6 Å². The van der Waals surface area contributed by atoms with Crippen LogP contribution in [0.2, 0.25) is 0 Å². The van der Waals surface area contributed by atoms with Crippen LogP contribution in [0.25, 0.3) is 0 Å². The number of rotatable bonds is 3. The van der Waals surface area contributed by atoms with Gasteiger partial charge in [-0.1, -0.05) is 6.07 Å². The first kappa shape index (κ1) is 13.7. The monoisotopic (exact) mass is 262 g/mol. The number of anilines is 2. The lowest BCUT2D eigenvalue weighted by Crippen LogP contribution is -2.50. The molecule has 1 aromatic carbocycles. The van der Waals surface area contributed by atoms with Crippen molar-refractivity contribution < 1.29 is 4.79 Å². The summed E-state index contributed by atoms with van der Waals surface area (Å²) >= 11 is 0. The molecule has 1 aliphatic rings. The molecule has 1 saturated heterocycles. The Labute approximate surface area is 114 Å². The molecule has 0 radical (unpaired) electrons. The predicted molar refractivity (Wildman–Crippen MR) is 78.6 cm³/mol. The van der Waals surface area contributed by atoms with Crippen molar-refractivity contribution in [3.63, 3.8) is 0 Å². The van der Waals surface area contributed by atoms with Gasteiger partial charge in [-0.3, -0.25) is 4.79 Å². The minimum absolute atomic E-state index is 0.0432. The maximum Gasteiger partial charge on any atom is 0.236 e. The molecule has 1 aromatic rings. The molecular formula is C14H22N4O. The van der Waals surface area contributed by atoms with Gasteiger partial charge < -0.3 is 20.4 Å². The first-order valence-electron chi connectivity index (χ1n) is 6.62. The van der Waals surface area contributed by atoms with Crippen LogP contribution in [-0.2, 0) is 4.79 Å². The highest BCUT2D eigenvalue weighted by Gasteiger charge is 2.20. The second-order valence-electron chi connectivity index (χ2n) is 4.99. The third-order valence-electron chi connectivity index (χ3n) is 3.52. The largest absolute Gasteiger partial charge is 0.378 e. The molecule has 1 fully saturated rings. The summed E-state index contributed by atoms with van der Waals surface area (Å²) in [5.41, 5.74) is 7.80. The fourth-order valence-corrected chi connectivity index (χ4v) is 2.31. The van der Waals surface area contributed by atoms with Gasteiger partial charge in [-0.05, 0) is 18.2 Å². The summed E-state index contributed by atoms with van der Waals surface area (Å²) in [6.45, 7) is 3.34. The van der Waals surface area contributed by atoms with E-state index >= 15 is 0 Å². The molecule has 0 unspecified atom stereocenters. The van der Waals surface area contributed by atoms with Gasteiger partial charge in [0.25, 0.3) is 0 Å². The van der Waals surface area contributed by atoms with Crippen LogP contribution >= 0.6 is 0 Å². The lowest BCUT2D eigenvalue weighted by atomic mass is 10.2. The molecule has 19 heavy (non-hydrogen) atoms. The lowest BCUT2D eigenvalue weighted by molar-refractivity contribution is -0.129. The maximum absolute atomic E-state index is 11.5. The summed E-state index contributed by atoms with van der Waals surface area (Å²) in [5.74, 6) is 0.0432. The highest BCUT2D eigenvalue weighted by atomic mass is 16.2. The Morgan fingerprint density at radius 1 is 1.26 bits per heavy atom. The number of amides is 1. The van der Waals surface area contributed by atoms with Crippen molar-refractivity contribution in [2.75, 3.05) is 56.6 Å². The van der Waals surface area contributed by atoms with E-state index in [1.165, 1.54) is 11.4 Å². The van der Waals surface area contributed by atoms with E-state index in [1.54, 1.807) is 0 Å². The van der Waals surface area contributed by atoms with E-state index in [1.807, 2.05) is 19.0 Å². The number of hydrogen-bond donors (Lipinski definition) is 1. The minimum atomic E-state index is 0.0432. The Kier molecular flexibility index (Phi) is 4.27. The number of hydrogen-bond acceptors (Lipinski definition) is 4. The highest BCUT2D eigenvalue weighted by Crippen LogP contribution is 2.22. The SMILES string of the molecule is CN(C)c1cccc(N2CCN(C(=O)CN)CC2)c1. The molecule has 5 nitrogen and oxygen atoms in total. The van der Waals surface area contributed by atoms with Gasteiger partial charge in [0.05, 0.1) is 6.54 Å². The predicted octanol–water partition coefficient (Wildman–Crippen LogP) is 0.360. The highest BCUT2D eigenvalue weighted by molar-refractivity contribution is 5.78. The molecule has 5 heteroatoms. The van der Waals surface area contributed by atoms with Crippen LogP contribution in [0.3, 0.4) is 0 Å². The molecule has 0 atom stereocenters. The van der Waals surface area contributed by atoms with E-state index < -0.39 is 0 Å². The van der Waals surface area contributed by atoms with E-state index in [9.17, 15) is 4.79 Å². The summed E-state index contributed by atoms with van der Waals surface area (Å²) in [4.78, 5) is 17.8. The summed E-state index contributed by atoms with van der Waals surface area (Å²) in [5, 5.41) is 0. The molecule has 0 aromatic heterocycles. The van der Waals surface area contributed by atoms with Crippen molar-refractivity contribution >= 4 is 17.3 Å². The Bertz CT molecular complexity index is 439. The van der Waals surface area contributed by atoms with Crippen LogP contribution in [0.15, 0.2) is 24.3 Å². The smallest absolute Gasteiger partial charge is 0.236 e. The van der Waals surface area contributed by atoms with E-state index in [2.05, 4.69) is 34.1 Å². The number of carbonyl (C=O) groups is 1. The number of benzene rings is 1. The molecule has 1 amide bonds. The van der Waals surface area contributed by atoms with Gasteiger partial charge in [-0.15, -0.1) is 0 Å². The third kappa shape index (κ3) is 3.17. The molecule has 1 heterocycles. The van der Waals surface area contributed by atoms with Gasteiger partial charge in [0.2, 0.25) is 5.91 Å². The number of piperazine rings is 1. The van der Waals surface area contributed by atoms with E-state index in [0.717, 1.165) is 26.2 Å². The molecule has 1 aliphatic heterocycles. The summed E-state index contributed by atoms with van der Waals surface area (Å²) in [6.07, 6.45) is 0. The first-order chi connectivity index (χ1) is 9.11. The average molecular weight is 262 g/mol. The van der Waals surface area contributed by atoms with Crippen LogP contribution in [0.5, 0.6) is 0 Å². The zero-order chi connectivity index (χ0) is 13.8. The van der Waals surface area contributed by atoms with Gasteiger partial charge in [-0.25, -0.2) is 0 Å². The van der Waals surface area contributed by atoms with Gasteiger partial charge in [0.15, 0.2) is 0 Å². The van der Waals surface area contributed by atoms with Crippen molar-refractivity contribution in [2.24, 2.45) is 5.73 Å². The molecule has 0 bridgehead atoms. The summed E-state index contributed by atoms with van der Waals surface area (Å²) < 4.78 is 0. The summed E-state index contributed by atoms with van der Waals surface area (Å²) in [7, 11) is 4.08. The van der Waals surface area contributed by atoms with Gasteiger partial charge in [0.1, 0.15) is 0 Å². The average Bonchev–Trinajstić information content (AvgIpc) is 2.46. The quantitative estimate of drug-likeness (QED) is 0.854. The van der Waals surface area contributed by atoms with Crippen molar-refractivity contribution in [2.45, 2.75) is 0 Å². The van der Waals surface area contributed by atoms with E-state index in [0.29, 0.717) is 0 Å². The molecule has 0 aliphatic carbocycles. The standard InChI is InChI=1S/C14H22N4O/c1-16(2)12-4-3-5-13(10-12)17-6-8-18(9-7-17)14(19)11-15/h3-5,10H,6-9,11,15H2,1-2H3. The zero-order valence-electron chi connectivity index (χ0n) is 11.7. The topological polar surface area (TPSA) is 52.8 Å². The second-order valence-corrected chi connectivity index (χ2v) is 4.99. The van der Waals surface area contributed by atoms with E-state index in [4.69, 9.17) is 5.73 Å². The number of nitrogens with zero attached hydrogens (tertiary/aromatic N) is 3. The zero-order valence-corrected chi connectivity index (χ0v) is 11.7. The Balaban J connectivity index is 2.01.